The van der Waals surface area contributed by atoms with E-state index in [0.717, 1.165) is 36.0 Å². The molecule has 1 saturated heterocycles. The molecule has 1 aliphatic heterocycles. The number of benzene rings is 1. The predicted octanol–water partition coefficient (Wildman–Crippen LogP) is 3.68. The number of H-pyrrole nitrogens is 1. The van der Waals surface area contributed by atoms with E-state index < -0.39 is 0 Å². The molecule has 1 N–H and O–H groups in total. The number of hydrogen-bond donors (Lipinski definition) is 1. The molecule has 106 valence electrons. The van der Waals surface area contributed by atoms with Gasteiger partial charge in [0.1, 0.15) is 0 Å². The number of rotatable bonds is 1. The number of likely N-dealkylation sites (tertiary alicyclic amines) is 1. The van der Waals surface area contributed by atoms with Crippen molar-refractivity contribution in [1.82, 2.24) is 9.88 Å². The first-order valence-electron chi connectivity index (χ1n) is 7.31. The minimum absolute atomic E-state index is 0.167. The van der Waals surface area contributed by atoms with Crippen molar-refractivity contribution >= 4 is 16.8 Å². The summed E-state index contributed by atoms with van der Waals surface area (Å²) in [5.41, 5.74) is 2.15. The summed E-state index contributed by atoms with van der Waals surface area (Å²) >= 11 is 0. The fourth-order valence-corrected chi connectivity index (χ4v) is 3.02. The Morgan fingerprint density at radius 1 is 1.30 bits per heavy atom. The summed E-state index contributed by atoms with van der Waals surface area (Å²) < 4.78 is 0. The number of carbonyl (C=O) groups excluding carboxylic acids is 1. The fourth-order valence-electron chi connectivity index (χ4n) is 3.02. The Morgan fingerprint density at radius 3 is 2.80 bits per heavy atom. The second kappa shape index (κ2) is 4.65. The van der Waals surface area contributed by atoms with Gasteiger partial charge in [0.05, 0.1) is 0 Å². The number of fused-ring (bicyclic) bond motifs is 1. The largest absolute Gasteiger partial charge is 0.361 e. The van der Waals surface area contributed by atoms with Crippen LogP contribution in [0.4, 0.5) is 0 Å². The van der Waals surface area contributed by atoms with Crippen LogP contribution in [0.3, 0.4) is 0 Å². The van der Waals surface area contributed by atoms with E-state index in [1.165, 1.54) is 0 Å². The predicted molar refractivity (Wildman–Crippen MR) is 81.8 cm³/mol. The maximum absolute atomic E-state index is 12.6. The Labute approximate surface area is 120 Å². The Balaban J connectivity index is 1.79. The van der Waals surface area contributed by atoms with Crippen molar-refractivity contribution < 1.29 is 4.79 Å². The lowest BCUT2D eigenvalue weighted by Gasteiger charge is -2.27. The minimum Gasteiger partial charge on any atom is -0.361 e. The molecule has 0 aliphatic carbocycles. The Kier molecular flexibility index (Phi) is 3.08. The van der Waals surface area contributed by atoms with Crippen LogP contribution in [0.2, 0.25) is 0 Å². The molecule has 0 spiro atoms. The first-order valence-corrected chi connectivity index (χ1v) is 7.31. The van der Waals surface area contributed by atoms with Crippen molar-refractivity contribution in [2.24, 2.45) is 11.3 Å². The molecule has 2 aromatic rings. The van der Waals surface area contributed by atoms with Crippen LogP contribution in [-0.2, 0) is 0 Å². The van der Waals surface area contributed by atoms with E-state index in [1.54, 1.807) is 0 Å². The molecule has 3 rings (SSSR count). The van der Waals surface area contributed by atoms with Crippen molar-refractivity contribution in [2.45, 2.75) is 27.2 Å². The van der Waals surface area contributed by atoms with Gasteiger partial charge < -0.3 is 9.88 Å². The van der Waals surface area contributed by atoms with E-state index in [1.807, 2.05) is 35.4 Å². The van der Waals surface area contributed by atoms with E-state index in [2.05, 4.69) is 25.8 Å². The maximum Gasteiger partial charge on any atom is 0.253 e. The molecule has 1 aliphatic rings. The van der Waals surface area contributed by atoms with Gasteiger partial charge >= 0.3 is 0 Å². The molecule has 1 aromatic carbocycles. The van der Waals surface area contributed by atoms with Crippen LogP contribution in [0.25, 0.3) is 10.9 Å². The number of aromatic amines is 1. The quantitative estimate of drug-likeness (QED) is 0.843. The SMILES string of the molecule is CC(C)(C)C1CCN(C(=O)c2ccc3[nH]ccc3c2)C1. The number of hydrogen-bond acceptors (Lipinski definition) is 1. The number of amides is 1. The third-order valence-corrected chi connectivity index (χ3v) is 4.50. The molecule has 0 radical (unpaired) electrons. The summed E-state index contributed by atoms with van der Waals surface area (Å²) in [6, 6.07) is 7.90. The van der Waals surface area contributed by atoms with Crippen LogP contribution in [0.1, 0.15) is 37.6 Å². The third kappa shape index (κ3) is 2.33. The number of nitrogens with one attached hydrogen (secondary N) is 1. The zero-order valence-corrected chi connectivity index (χ0v) is 12.4. The molecule has 0 saturated carbocycles. The Hall–Kier alpha value is -1.77. The lowest BCUT2D eigenvalue weighted by atomic mass is 9.80. The zero-order valence-electron chi connectivity index (χ0n) is 12.4. The summed E-state index contributed by atoms with van der Waals surface area (Å²) in [5.74, 6) is 0.766. The highest BCUT2D eigenvalue weighted by atomic mass is 16.2. The van der Waals surface area contributed by atoms with Crippen molar-refractivity contribution in [3.8, 4) is 0 Å². The minimum atomic E-state index is 0.167. The van der Waals surface area contributed by atoms with Crippen molar-refractivity contribution in [2.75, 3.05) is 13.1 Å². The highest BCUT2D eigenvalue weighted by molar-refractivity contribution is 5.98. The number of aromatic nitrogens is 1. The van der Waals surface area contributed by atoms with Crippen molar-refractivity contribution in [1.29, 1.82) is 0 Å². The second-order valence-electron chi connectivity index (χ2n) is 6.88. The molecule has 1 amide bonds. The van der Waals surface area contributed by atoms with Gasteiger partial charge in [0.25, 0.3) is 5.91 Å². The van der Waals surface area contributed by atoms with Crippen molar-refractivity contribution in [3.63, 3.8) is 0 Å². The standard InChI is InChI=1S/C17H22N2O/c1-17(2,3)14-7-9-19(11-14)16(20)13-4-5-15-12(10-13)6-8-18-15/h4-6,8,10,14,18H,7,9,11H2,1-3H3. The van der Waals surface area contributed by atoms with Crippen LogP contribution in [-0.4, -0.2) is 28.9 Å². The van der Waals surface area contributed by atoms with Gasteiger partial charge in [-0.15, -0.1) is 0 Å². The summed E-state index contributed by atoms with van der Waals surface area (Å²) in [4.78, 5) is 17.8. The average Bonchev–Trinajstić information content (AvgIpc) is 3.05. The molecule has 1 aromatic heterocycles. The fraction of sp³-hybridized carbons (Fsp3) is 0.471. The van der Waals surface area contributed by atoms with Gasteiger partial charge in [-0.3, -0.25) is 4.79 Å². The molecular formula is C17H22N2O. The average molecular weight is 270 g/mol. The number of carbonyl (C=O) groups is 1. The first kappa shape index (κ1) is 13.2. The van der Waals surface area contributed by atoms with Crippen LogP contribution in [0, 0.1) is 11.3 Å². The third-order valence-electron chi connectivity index (χ3n) is 4.50. The normalized spacial score (nSPS) is 19.8. The summed E-state index contributed by atoms with van der Waals surface area (Å²) in [6.07, 6.45) is 3.02. The van der Waals surface area contributed by atoms with Gasteiger partial charge in [-0.1, -0.05) is 20.8 Å². The highest BCUT2D eigenvalue weighted by Gasteiger charge is 2.34. The van der Waals surface area contributed by atoms with Crippen LogP contribution >= 0.6 is 0 Å². The molecule has 2 heterocycles. The Morgan fingerprint density at radius 2 is 2.10 bits per heavy atom. The van der Waals surface area contributed by atoms with E-state index in [9.17, 15) is 4.79 Å². The van der Waals surface area contributed by atoms with E-state index in [-0.39, 0.29) is 11.3 Å². The second-order valence-corrected chi connectivity index (χ2v) is 6.88. The molecule has 1 fully saturated rings. The van der Waals surface area contributed by atoms with E-state index >= 15 is 0 Å². The first-order chi connectivity index (χ1) is 9.45. The van der Waals surface area contributed by atoms with E-state index in [4.69, 9.17) is 0 Å². The summed E-state index contributed by atoms with van der Waals surface area (Å²) in [7, 11) is 0. The molecule has 0 bridgehead atoms. The topological polar surface area (TPSA) is 36.1 Å². The maximum atomic E-state index is 12.6. The smallest absolute Gasteiger partial charge is 0.253 e. The Bertz CT molecular complexity index is 636. The lowest BCUT2D eigenvalue weighted by molar-refractivity contribution is 0.0776. The van der Waals surface area contributed by atoms with Crippen LogP contribution < -0.4 is 0 Å². The van der Waals surface area contributed by atoms with Crippen LogP contribution in [0.15, 0.2) is 30.5 Å². The van der Waals surface area contributed by atoms with Gasteiger partial charge in [-0.25, -0.2) is 0 Å². The monoisotopic (exact) mass is 270 g/mol. The molecule has 1 unspecified atom stereocenters. The summed E-state index contributed by atoms with van der Waals surface area (Å²) in [5, 5.41) is 1.10. The summed E-state index contributed by atoms with van der Waals surface area (Å²) in [6.45, 7) is 8.55. The van der Waals surface area contributed by atoms with Gasteiger partial charge in [-0.2, -0.15) is 0 Å². The molecule has 3 heteroatoms. The number of nitrogens with zero attached hydrogens (tertiary/aromatic N) is 1. The molecule has 1 atom stereocenters. The molecule has 3 nitrogen and oxygen atoms in total. The van der Waals surface area contributed by atoms with Gasteiger partial charge in [0.15, 0.2) is 0 Å². The van der Waals surface area contributed by atoms with Crippen molar-refractivity contribution in [3.05, 3.63) is 36.0 Å². The van der Waals surface area contributed by atoms with Gasteiger partial charge in [-0.05, 0) is 42.0 Å². The lowest BCUT2D eigenvalue weighted by Crippen LogP contribution is -2.31. The van der Waals surface area contributed by atoms with Crippen LogP contribution in [0.5, 0.6) is 0 Å². The van der Waals surface area contributed by atoms with Gasteiger partial charge in [0, 0.05) is 35.8 Å². The zero-order chi connectivity index (χ0) is 14.3. The highest BCUT2D eigenvalue weighted by Crippen LogP contribution is 2.34. The molecule has 20 heavy (non-hydrogen) atoms. The van der Waals surface area contributed by atoms with Gasteiger partial charge in [0.2, 0.25) is 0 Å². The molecular weight excluding hydrogens is 248 g/mol. The van der Waals surface area contributed by atoms with E-state index in [0.29, 0.717) is 5.92 Å².